The van der Waals surface area contributed by atoms with Crippen LogP contribution in [0.4, 0.5) is 0 Å². The van der Waals surface area contributed by atoms with Gasteiger partial charge in [-0.25, -0.2) is 4.98 Å². The number of nitrogens with two attached hydrogens (primary N) is 1. The first-order valence-corrected chi connectivity index (χ1v) is 6.17. The topological polar surface area (TPSA) is 59.2 Å². The Bertz CT molecular complexity index is 442. The molecule has 1 amide bonds. The van der Waals surface area contributed by atoms with Crippen molar-refractivity contribution in [3.63, 3.8) is 0 Å². The molecule has 0 bridgehead atoms. The largest absolute Gasteiger partial charge is 0.338 e. The van der Waals surface area contributed by atoms with Gasteiger partial charge in [-0.1, -0.05) is 18.8 Å². The number of amides is 1. The molecule has 0 saturated carbocycles. The molecule has 2 N–H and O–H groups in total. The Morgan fingerprint density at radius 3 is 2.72 bits per heavy atom. The molecule has 1 aromatic rings. The Kier molecular flexibility index (Phi) is 5.89. The van der Waals surface area contributed by atoms with Gasteiger partial charge in [-0.15, -0.1) is 0 Å². The van der Waals surface area contributed by atoms with Gasteiger partial charge in [0.15, 0.2) is 0 Å². The molecular formula is C14H19N3O. The summed E-state index contributed by atoms with van der Waals surface area (Å²) in [5, 5.41) is 0. The molecular weight excluding hydrogens is 226 g/mol. The number of nitrogens with zero attached hydrogens (tertiary/aromatic N) is 2. The van der Waals surface area contributed by atoms with Gasteiger partial charge >= 0.3 is 0 Å². The van der Waals surface area contributed by atoms with Crippen LogP contribution in [0.2, 0.25) is 0 Å². The third-order valence-corrected chi connectivity index (χ3v) is 2.48. The fraction of sp³-hybridized carbons (Fsp3) is 0.429. The third kappa shape index (κ3) is 3.86. The Morgan fingerprint density at radius 2 is 2.22 bits per heavy atom. The minimum Gasteiger partial charge on any atom is -0.338 e. The van der Waals surface area contributed by atoms with Crippen LogP contribution in [-0.2, 0) is 0 Å². The normalized spacial score (nSPS) is 9.50. The second kappa shape index (κ2) is 7.46. The first kappa shape index (κ1) is 14.2. The summed E-state index contributed by atoms with van der Waals surface area (Å²) in [6.45, 7) is 5.79. The number of pyridine rings is 1. The van der Waals surface area contributed by atoms with Gasteiger partial charge in [0.25, 0.3) is 5.91 Å². The maximum absolute atomic E-state index is 12.1. The summed E-state index contributed by atoms with van der Waals surface area (Å²) in [5.41, 5.74) is 6.53. The molecule has 0 spiro atoms. The van der Waals surface area contributed by atoms with Gasteiger partial charge in [-0.05, 0) is 25.5 Å². The first-order chi connectivity index (χ1) is 8.72. The lowest BCUT2D eigenvalue weighted by molar-refractivity contribution is 0.0758. The van der Waals surface area contributed by atoms with E-state index in [4.69, 9.17) is 5.73 Å². The zero-order valence-corrected chi connectivity index (χ0v) is 10.9. The highest BCUT2D eigenvalue weighted by Gasteiger charge is 2.13. The van der Waals surface area contributed by atoms with E-state index in [0.717, 1.165) is 18.5 Å². The van der Waals surface area contributed by atoms with Crippen molar-refractivity contribution in [3.05, 3.63) is 29.6 Å². The van der Waals surface area contributed by atoms with E-state index in [9.17, 15) is 4.79 Å². The van der Waals surface area contributed by atoms with E-state index in [2.05, 4.69) is 23.7 Å². The zero-order chi connectivity index (χ0) is 13.4. The van der Waals surface area contributed by atoms with Gasteiger partial charge in [-0.3, -0.25) is 4.79 Å². The minimum atomic E-state index is -0.0299. The van der Waals surface area contributed by atoms with Gasteiger partial charge in [-0.2, -0.15) is 0 Å². The van der Waals surface area contributed by atoms with Crippen molar-refractivity contribution >= 4 is 5.91 Å². The van der Waals surface area contributed by atoms with Crippen molar-refractivity contribution in [2.24, 2.45) is 5.73 Å². The molecule has 1 heterocycles. The fourth-order valence-electron chi connectivity index (χ4n) is 1.58. The smallest absolute Gasteiger partial charge is 0.272 e. The lowest BCUT2D eigenvalue weighted by Crippen LogP contribution is -2.32. The van der Waals surface area contributed by atoms with Crippen LogP contribution in [0.25, 0.3) is 0 Å². The molecule has 0 saturated heterocycles. The minimum absolute atomic E-state index is 0.0299. The number of rotatable bonds is 4. The van der Waals surface area contributed by atoms with Crippen LogP contribution < -0.4 is 5.73 Å². The highest BCUT2D eigenvalue weighted by atomic mass is 16.2. The Labute approximate surface area is 108 Å². The van der Waals surface area contributed by atoms with E-state index in [1.54, 1.807) is 23.2 Å². The monoisotopic (exact) mass is 245 g/mol. The lowest BCUT2D eigenvalue weighted by Gasteiger charge is -2.19. The molecule has 0 aliphatic carbocycles. The SMILES string of the molecule is CCCN(CC)C(=O)c1ccc(C#CCN)cn1. The second-order valence-corrected chi connectivity index (χ2v) is 3.82. The van der Waals surface area contributed by atoms with E-state index >= 15 is 0 Å². The molecule has 0 radical (unpaired) electrons. The summed E-state index contributed by atoms with van der Waals surface area (Å²) < 4.78 is 0. The van der Waals surface area contributed by atoms with E-state index in [-0.39, 0.29) is 5.91 Å². The van der Waals surface area contributed by atoms with Crippen LogP contribution in [0.5, 0.6) is 0 Å². The summed E-state index contributed by atoms with van der Waals surface area (Å²) in [6.07, 6.45) is 2.55. The summed E-state index contributed by atoms with van der Waals surface area (Å²) in [4.78, 5) is 18.0. The fourth-order valence-corrected chi connectivity index (χ4v) is 1.58. The summed E-state index contributed by atoms with van der Waals surface area (Å²) in [5.74, 6) is 5.60. The van der Waals surface area contributed by atoms with Crippen molar-refractivity contribution in [1.82, 2.24) is 9.88 Å². The van der Waals surface area contributed by atoms with Crippen LogP contribution in [0.1, 0.15) is 36.3 Å². The standard InChI is InChI=1S/C14H19N3O/c1-3-10-17(4-2)14(18)13-8-7-12(11-16-13)6-5-9-15/h7-8,11H,3-4,9-10,15H2,1-2H3. The van der Waals surface area contributed by atoms with Crippen LogP contribution in [0.3, 0.4) is 0 Å². The van der Waals surface area contributed by atoms with Gasteiger partial charge < -0.3 is 10.6 Å². The maximum Gasteiger partial charge on any atom is 0.272 e. The van der Waals surface area contributed by atoms with Crippen LogP contribution in [0, 0.1) is 11.8 Å². The Balaban J connectivity index is 2.80. The van der Waals surface area contributed by atoms with E-state index in [1.807, 2.05) is 6.92 Å². The molecule has 1 aromatic heterocycles. The van der Waals surface area contributed by atoms with E-state index in [1.165, 1.54) is 0 Å². The van der Waals surface area contributed by atoms with E-state index < -0.39 is 0 Å². The number of aromatic nitrogens is 1. The quantitative estimate of drug-likeness (QED) is 0.812. The maximum atomic E-state index is 12.1. The molecule has 0 atom stereocenters. The molecule has 0 unspecified atom stereocenters. The van der Waals surface area contributed by atoms with Crippen LogP contribution >= 0.6 is 0 Å². The Morgan fingerprint density at radius 1 is 1.44 bits per heavy atom. The van der Waals surface area contributed by atoms with Gasteiger partial charge in [0.05, 0.1) is 6.54 Å². The predicted molar refractivity (Wildman–Crippen MR) is 72.0 cm³/mol. The molecule has 1 rings (SSSR count). The molecule has 96 valence electrons. The van der Waals surface area contributed by atoms with Crippen molar-refractivity contribution in [3.8, 4) is 11.8 Å². The number of hydrogen-bond donors (Lipinski definition) is 1. The first-order valence-electron chi connectivity index (χ1n) is 6.17. The lowest BCUT2D eigenvalue weighted by atomic mass is 10.2. The molecule has 4 heteroatoms. The number of carbonyl (C=O) groups excluding carboxylic acids is 1. The summed E-state index contributed by atoms with van der Waals surface area (Å²) >= 11 is 0. The van der Waals surface area contributed by atoms with Crippen molar-refractivity contribution < 1.29 is 4.79 Å². The summed E-state index contributed by atoms with van der Waals surface area (Å²) in [7, 11) is 0. The van der Waals surface area contributed by atoms with Crippen molar-refractivity contribution in [2.45, 2.75) is 20.3 Å². The van der Waals surface area contributed by atoms with Gasteiger partial charge in [0, 0.05) is 24.8 Å². The van der Waals surface area contributed by atoms with Gasteiger partial charge in [0.1, 0.15) is 5.69 Å². The predicted octanol–water partition coefficient (Wildman–Crippen LogP) is 1.26. The molecule has 0 aliphatic heterocycles. The highest BCUT2D eigenvalue weighted by molar-refractivity contribution is 5.92. The molecule has 4 nitrogen and oxygen atoms in total. The molecule has 18 heavy (non-hydrogen) atoms. The molecule has 0 aliphatic rings. The second-order valence-electron chi connectivity index (χ2n) is 3.82. The highest BCUT2D eigenvalue weighted by Crippen LogP contribution is 2.04. The van der Waals surface area contributed by atoms with Crippen molar-refractivity contribution in [1.29, 1.82) is 0 Å². The number of hydrogen-bond acceptors (Lipinski definition) is 3. The molecule has 0 fully saturated rings. The Hall–Kier alpha value is -1.86. The van der Waals surface area contributed by atoms with E-state index in [0.29, 0.717) is 18.8 Å². The van der Waals surface area contributed by atoms with Crippen molar-refractivity contribution in [2.75, 3.05) is 19.6 Å². The van der Waals surface area contributed by atoms with Gasteiger partial charge in [0.2, 0.25) is 0 Å². The van der Waals surface area contributed by atoms with Crippen LogP contribution in [-0.4, -0.2) is 35.4 Å². The average molecular weight is 245 g/mol. The number of carbonyl (C=O) groups is 1. The molecule has 0 aromatic carbocycles. The van der Waals surface area contributed by atoms with Crippen LogP contribution in [0.15, 0.2) is 18.3 Å². The summed E-state index contributed by atoms with van der Waals surface area (Å²) in [6, 6.07) is 3.50. The zero-order valence-electron chi connectivity index (χ0n) is 10.9. The average Bonchev–Trinajstić information content (AvgIpc) is 2.42. The third-order valence-electron chi connectivity index (χ3n) is 2.48.